The molecule has 1 fully saturated rings. The van der Waals surface area contributed by atoms with Crippen molar-refractivity contribution in [3.63, 3.8) is 0 Å². The van der Waals surface area contributed by atoms with Crippen LogP contribution >= 0.6 is 11.6 Å². The molecule has 132 valence electrons. The first-order chi connectivity index (χ1) is 12.1. The molecule has 0 unspecified atom stereocenters. The fraction of sp³-hybridized carbons (Fsp3) is 0.353. The summed E-state index contributed by atoms with van der Waals surface area (Å²) < 4.78 is 5.28. The number of ether oxygens (including phenoxy) is 1. The molecule has 0 bridgehead atoms. The number of methoxy groups -OCH3 is 1. The molecule has 2 heterocycles. The highest BCUT2D eigenvalue weighted by molar-refractivity contribution is 6.31. The van der Waals surface area contributed by atoms with Gasteiger partial charge < -0.3 is 19.9 Å². The van der Waals surface area contributed by atoms with Crippen LogP contribution in [-0.2, 0) is 0 Å². The molecule has 1 amide bonds. The average Bonchev–Trinajstić information content (AvgIpc) is 2.63. The van der Waals surface area contributed by atoms with E-state index in [0.717, 1.165) is 26.2 Å². The Hall–Kier alpha value is -2.38. The lowest BCUT2D eigenvalue weighted by Crippen LogP contribution is -2.47. The van der Waals surface area contributed by atoms with Crippen LogP contribution in [0, 0.1) is 0 Å². The molecule has 1 aromatic heterocycles. The number of rotatable bonds is 4. The minimum Gasteiger partial charge on any atom is -0.495 e. The largest absolute Gasteiger partial charge is 0.495 e. The van der Waals surface area contributed by atoms with Gasteiger partial charge in [0.15, 0.2) is 0 Å². The summed E-state index contributed by atoms with van der Waals surface area (Å²) in [6, 6.07) is 5.23. The Labute approximate surface area is 151 Å². The number of hydrogen-bond donors (Lipinski definition) is 1. The van der Waals surface area contributed by atoms with E-state index in [1.165, 1.54) is 12.4 Å². The van der Waals surface area contributed by atoms with Gasteiger partial charge in [-0.25, -0.2) is 9.97 Å². The molecule has 0 aliphatic carbocycles. The Morgan fingerprint density at radius 1 is 1.20 bits per heavy atom. The molecule has 2 aromatic rings. The third-order valence-electron chi connectivity index (χ3n) is 4.10. The van der Waals surface area contributed by atoms with Crippen molar-refractivity contribution in [1.29, 1.82) is 0 Å². The van der Waals surface area contributed by atoms with Crippen LogP contribution in [0.15, 0.2) is 30.6 Å². The highest BCUT2D eigenvalue weighted by Crippen LogP contribution is 2.29. The highest BCUT2D eigenvalue weighted by Gasteiger charge is 2.20. The standard InChI is InChI=1S/C17H20ClN5O2/c1-22-5-7-23(8-6-22)16(24)12-10-19-17(20-11-12)21-14-9-13(18)3-4-15(14)25-2/h3-4,9-11H,5-8H2,1-2H3,(H,19,20,21). The van der Waals surface area contributed by atoms with E-state index in [-0.39, 0.29) is 5.91 Å². The number of halogens is 1. The van der Waals surface area contributed by atoms with E-state index in [9.17, 15) is 4.79 Å². The zero-order valence-electron chi connectivity index (χ0n) is 14.2. The van der Waals surface area contributed by atoms with Crippen molar-refractivity contribution in [1.82, 2.24) is 19.8 Å². The van der Waals surface area contributed by atoms with Crippen LogP contribution < -0.4 is 10.1 Å². The number of benzene rings is 1. The number of anilines is 2. The Morgan fingerprint density at radius 3 is 2.52 bits per heavy atom. The normalized spacial score (nSPS) is 15.1. The molecular weight excluding hydrogens is 342 g/mol. The number of piperazine rings is 1. The highest BCUT2D eigenvalue weighted by atomic mass is 35.5. The van der Waals surface area contributed by atoms with E-state index in [1.54, 1.807) is 25.3 Å². The summed E-state index contributed by atoms with van der Waals surface area (Å²) in [7, 11) is 3.63. The van der Waals surface area contributed by atoms with E-state index in [0.29, 0.717) is 28.0 Å². The maximum Gasteiger partial charge on any atom is 0.257 e. The predicted molar refractivity (Wildman–Crippen MR) is 96.7 cm³/mol. The number of carbonyl (C=O) groups excluding carboxylic acids is 1. The average molecular weight is 362 g/mol. The fourth-order valence-electron chi connectivity index (χ4n) is 2.59. The van der Waals surface area contributed by atoms with Crippen LogP contribution in [0.1, 0.15) is 10.4 Å². The van der Waals surface area contributed by atoms with E-state index in [1.807, 2.05) is 4.90 Å². The van der Waals surface area contributed by atoms with Gasteiger partial charge >= 0.3 is 0 Å². The van der Waals surface area contributed by atoms with Gasteiger partial charge in [-0.05, 0) is 25.2 Å². The van der Waals surface area contributed by atoms with Crippen molar-refractivity contribution >= 4 is 29.1 Å². The molecule has 0 radical (unpaired) electrons. The molecule has 1 N–H and O–H groups in total. The van der Waals surface area contributed by atoms with Gasteiger partial charge in [0.25, 0.3) is 5.91 Å². The molecule has 1 aromatic carbocycles. The monoisotopic (exact) mass is 361 g/mol. The summed E-state index contributed by atoms with van der Waals surface area (Å²) in [5.41, 5.74) is 1.14. The fourth-order valence-corrected chi connectivity index (χ4v) is 2.77. The number of nitrogens with one attached hydrogen (secondary N) is 1. The first kappa shape index (κ1) is 17.4. The number of aromatic nitrogens is 2. The maximum atomic E-state index is 12.5. The second-order valence-corrected chi connectivity index (χ2v) is 6.30. The van der Waals surface area contributed by atoms with Crippen LogP contribution in [0.4, 0.5) is 11.6 Å². The summed E-state index contributed by atoms with van der Waals surface area (Å²) in [6.45, 7) is 3.19. The van der Waals surface area contributed by atoms with Gasteiger partial charge in [-0.3, -0.25) is 4.79 Å². The van der Waals surface area contributed by atoms with Gasteiger partial charge in [0, 0.05) is 43.6 Å². The lowest BCUT2D eigenvalue weighted by molar-refractivity contribution is 0.0663. The van der Waals surface area contributed by atoms with Gasteiger partial charge in [0.05, 0.1) is 18.4 Å². The minimum atomic E-state index is -0.0417. The number of nitrogens with zero attached hydrogens (tertiary/aromatic N) is 4. The number of likely N-dealkylation sites (N-methyl/N-ethyl adjacent to an activating group) is 1. The summed E-state index contributed by atoms with van der Waals surface area (Å²) in [5, 5.41) is 3.63. The Bertz CT molecular complexity index is 745. The second kappa shape index (κ2) is 7.67. The molecule has 1 aliphatic rings. The van der Waals surface area contributed by atoms with Crippen LogP contribution in [0.3, 0.4) is 0 Å². The molecule has 1 aliphatic heterocycles. The van der Waals surface area contributed by atoms with Gasteiger partial charge in [-0.1, -0.05) is 11.6 Å². The molecule has 0 spiro atoms. The maximum absolute atomic E-state index is 12.5. The van der Waals surface area contributed by atoms with Crippen molar-refractivity contribution < 1.29 is 9.53 Å². The van der Waals surface area contributed by atoms with E-state index < -0.39 is 0 Å². The first-order valence-electron chi connectivity index (χ1n) is 7.97. The number of hydrogen-bond acceptors (Lipinski definition) is 6. The summed E-state index contributed by atoms with van der Waals surface area (Å²) in [5.74, 6) is 0.959. The molecule has 0 saturated carbocycles. The van der Waals surface area contributed by atoms with Crippen molar-refractivity contribution in [2.24, 2.45) is 0 Å². The molecule has 8 heteroatoms. The Kier molecular flexibility index (Phi) is 5.35. The zero-order chi connectivity index (χ0) is 17.8. The SMILES string of the molecule is COc1ccc(Cl)cc1Nc1ncc(C(=O)N2CCN(C)CC2)cn1. The number of carbonyl (C=O) groups is 1. The van der Waals surface area contributed by atoms with Crippen molar-refractivity contribution in [2.45, 2.75) is 0 Å². The summed E-state index contributed by atoms with van der Waals surface area (Å²) in [4.78, 5) is 25.0. The third-order valence-corrected chi connectivity index (χ3v) is 4.33. The molecule has 25 heavy (non-hydrogen) atoms. The second-order valence-electron chi connectivity index (χ2n) is 5.86. The smallest absolute Gasteiger partial charge is 0.257 e. The Balaban J connectivity index is 1.70. The lowest BCUT2D eigenvalue weighted by atomic mass is 10.2. The first-order valence-corrected chi connectivity index (χ1v) is 8.35. The zero-order valence-corrected chi connectivity index (χ0v) is 15.0. The third kappa shape index (κ3) is 4.18. The van der Waals surface area contributed by atoms with Crippen molar-refractivity contribution in [3.8, 4) is 5.75 Å². The predicted octanol–water partition coefficient (Wildman–Crippen LogP) is 2.27. The van der Waals surface area contributed by atoms with E-state index >= 15 is 0 Å². The summed E-state index contributed by atoms with van der Waals surface area (Å²) in [6.07, 6.45) is 3.07. The van der Waals surface area contributed by atoms with Gasteiger partial charge in [-0.2, -0.15) is 0 Å². The van der Waals surface area contributed by atoms with Gasteiger partial charge in [0.2, 0.25) is 5.95 Å². The van der Waals surface area contributed by atoms with Crippen LogP contribution in [-0.4, -0.2) is 66.0 Å². The van der Waals surface area contributed by atoms with Gasteiger partial charge in [0.1, 0.15) is 5.75 Å². The molecule has 7 nitrogen and oxygen atoms in total. The van der Waals surface area contributed by atoms with Crippen LogP contribution in [0.2, 0.25) is 5.02 Å². The lowest BCUT2D eigenvalue weighted by Gasteiger charge is -2.32. The van der Waals surface area contributed by atoms with Crippen LogP contribution in [0.25, 0.3) is 0 Å². The van der Waals surface area contributed by atoms with E-state index in [2.05, 4.69) is 27.2 Å². The quantitative estimate of drug-likeness (QED) is 0.900. The van der Waals surface area contributed by atoms with Crippen molar-refractivity contribution in [2.75, 3.05) is 45.7 Å². The molecule has 3 rings (SSSR count). The molecule has 0 atom stereocenters. The van der Waals surface area contributed by atoms with Crippen LogP contribution in [0.5, 0.6) is 5.75 Å². The Morgan fingerprint density at radius 2 is 1.88 bits per heavy atom. The van der Waals surface area contributed by atoms with Gasteiger partial charge in [-0.15, -0.1) is 0 Å². The molecule has 1 saturated heterocycles. The molecular formula is C17H20ClN5O2. The summed E-state index contributed by atoms with van der Waals surface area (Å²) >= 11 is 6.01. The topological polar surface area (TPSA) is 70.6 Å². The number of amides is 1. The van der Waals surface area contributed by atoms with Crippen molar-refractivity contribution in [3.05, 3.63) is 41.2 Å². The minimum absolute atomic E-state index is 0.0417. The van der Waals surface area contributed by atoms with E-state index in [4.69, 9.17) is 16.3 Å².